The predicted octanol–water partition coefficient (Wildman–Crippen LogP) is 4.08. The molecule has 0 saturated heterocycles. The van der Waals surface area contributed by atoms with E-state index in [4.69, 9.17) is 32.4 Å². The van der Waals surface area contributed by atoms with Crippen molar-refractivity contribution in [3.8, 4) is 0 Å². The first-order chi connectivity index (χ1) is 10.4. The maximum absolute atomic E-state index is 12.1. The molecule has 0 fully saturated rings. The summed E-state index contributed by atoms with van der Waals surface area (Å²) < 4.78 is 10.1. The van der Waals surface area contributed by atoms with Gasteiger partial charge in [0.05, 0.1) is 22.0 Å². The number of hydrogen-bond donors (Lipinski definition) is 1. The fourth-order valence-electron chi connectivity index (χ4n) is 1.72. The number of anilines is 1. The molecule has 1 aromatic carbocycles. The number of para-hydroxylation sites is 1. The molecular formula is C15H13Cl2NO4. The highest BCUT2D eigenvalue weighted by molar-refractivity contribution is 6.39. The molecule has 2 rings (SSSR count). The van der Waals surface area contributed by atoms with Gasteiger partial charge < -0.3 is 14.5 Å². The van der Waals surface area contributed by atoms with Gasteiger partial charge in [0.1, 0.15) is 11.3 Å². The number of amides is 1. The molecule has 1 amide bonds. The first-order valence-electron chi connectivity index (χ1n) is 6.40. The fraction of sp³-hybridized carbons (Fsp3) is 0.200. The molecule has 1 heterocycles. The lowest BCUT2D eigenvalue weighted by Gasteiger charge is -2.14. The monoisotopic (exact) mass is 341 g/mol. The van der Waals surface area contributed by atoms with Gasteiger partial charge in [-0.05, 0) is 32.0 Å². The van der Waals surface area contributed by atoms with Crippen LogP contribution in [0.25, 0.3) is 0 Å². The van der Waals surface area contributed by atoms with Crippen LogP contribution in [-0.4, -0.2) is 18.0 Å². The van der Waals surface area contributed by atoms with Crippen molar-refractivity contribution in [3.63, 3.8) is 0 Å². The van der Waals surface area contributed by atoms with Gasteiger partial charge in [-0.15, -0.1) is 0 Å². The van der Waals surface area contributed by atoms with E-state index in [-0.39, 0.29) is 11.3 Å². The van der Waals surface area contributed by atoms with Crippen LogP contribution in [0.2, 0.25) is 10.0 Å². The molecule has 0 spiro atoms. The molecule has 0 saturated carbocycles. The minimum absolute atomic E-state index is 0.274. The summed E-state index contributed by atoms with van der Waals surface area (Å²) in [5, 5.41) is 3.13. The van der Waals surface area contributed by atoms with Crippen molar-refractivity contribution in [3.05, 3.63) is 51.9 Å². The minimum atomic E-state index is -1.02. The lowest BCUT2D eigenvalue weighted by molar-refractivity contribution is -0.123. The van der Waals surface area contributed by atoms with Gasteiger partial charge in [0.2, 0.25) is 0 Å². The molecule has 7 heteroatoms. The lowest BCUT2D eigenvalue weighted by Crippen LogP contribution is -2.30. The number of aryl methyl sites for hydroxylation is 1. The van der Waals surface area contributed by atoms with E-state index in [1.165, 1.54) is 19.3 Å². The number of furan rings is 1. The van der Waals surface area contributed by atoms with Crippen molar-refractivity contribution in [1.29, 1.82) is 0 Å². The van der Waals surface area contributed by atoms with Crippen molar-refractivity contribution in [2.45, 2.75) is 20.0 Å². The third kappa shape index (κ3) is 3.61. The van der Waals surface area contributed by atoms with E-state index < -0.39 is 18.0 Å². The Morgan fingerprint density at radius 1 is 1.23 bits per heavy atom. The summed E-state index contributed by atoms with van der Waals surface area (Å²) in [6.45, 7) is 3.08. The van der Waals surface area contributed by atoms with Crippen LogP contribution in [0.4, 0.5) is 5.69 Å². The van der Waals surface area contributed by atoms with Crippen LogP contribution in [0.5, 0.6) is 0 Å². The average molecular weight is 342 g/mol. The van der Waals surface area contributed by atoms with E-state index in [0.29, 0.717) is 15.8 Å². The Morgan fingerprint density at radius 3 is 2.41 bits per heavy atom. The molecule has 0 aliphatic heterocycles. The number of rotatable bonds is 4. The Labute approximate surface area is 137 Å². The smallest absolute Gasteiger partial charge is 0.342 e. The van der Waals surface area contributed by atoms with Crippen LogP contribution >= 0.6 is 23.2 Å². The van der Waals surface area contributed by atoms with Gasteiger partial charge >= 0.3 is 5.97 Å². The maximum Gasteiger partial charge on any atom is 0.342 e. The molecule has 0 radical (unpaired) electrons. The van der Waals surface area contributed by atoms with Crippen molar-refractivity contribution in [2.75, 3.05) is 5.32 Å². The number of hydrogen-bond acceptors (Lipinski definition) is 4. The van der Waals surface area contributed by atoms with Crippen LogP contribution < -0.4 is 5.32 Å². The van der Waals surface area contributed by atoms with Crippen LogP contribution in [0, 0.1) is 6.92 Å². The lowest BCUT2D eigenvalue weighted by atomic mass is 10.2. The quantitative estimate of drug-likeness (QED) is 0.850. The Kier molecular flexibility index (Phi) is 5.11. The zero-order valence-electron chi connectivity index (χ0n) is 11.9. The Bertz CT molecular complexity index is 691. The maximum atomic E-state index is 12.1. The van der Waals surface area contributed by atoms with E-state index in [2.05, 4.69) is 5.32 Å². The molecule has 1 N–H and O–H groups in total. The van der Waals surface area contributed by atoms with E-state index in [1.807, 2.05) is 0 Å². The molecule has 2 aromatic rings. The highest BCUT2D eigenvalue weighted by atomic mass is 35.5. The van der Waals surface area contributed by atoms with Gasteiger partial charge in [0, 0.05) is 0 Å². The molecule has 116 valence electrons. The van der Waals surface area contributed by atoms with E-state index >= 15 is 0 Å². The molecule has 1 aromatic heterocycles. The summed E-state index contributed by atoms with van der Waals surface area (Å²) in [6.07, 6.45) is 0.356. The summed E-state index contributed by atoms with van der Waals surface area (Å²) >= 11 is 11.9. The molecule has 0 unspecified atom stereocenters. The van der Waals surface area contributed by atoms with E-state index in [0.717, 1.165) is 0 Å². The van der Waals surface area contributed by atoms with Gasteiger partial charge in [0.25, 0.3) is 5.91 Å². The Balaban J connectivity index is 2.04. The molecule has 0 aliphatic carbocycles. The predicted molar refractivity (Wildman–Crippen MR) is 83.4 cm³/mol. The van der Waals surface area contributed by atoms with Gasteiger partial charge in [-0.1, -0.05) is 29.3 Å². The number of halogens is 2. The van der Waals surface area contributed by atoms with Gasteiger partial charge in [-0.25, -0.2) is 4.79 Å². The zero-order chi connectivity index (χ0) is 16.3. The summed E-state index contributed by atoms with van der Waals surface area (Å²) in [5.41, 5.74) is 0.550. The first-order valence-corrected chi connectivity index (χ1v) is 7.15. The van der Waals surface area contributed by atoms with E-state index in [9.17, 15) is 9.59 Å². The normalized spacial score (nSPS) is 11.8. The van der Waals surface area contributed by atoms with Crippen molar-refractivity contribution >= 4 is 40.8 Å². The second kappa shape index (κ2) is 6.85. The third-order valence-electron chi connectivity index (χ3n) is 2.94. The summed E-state index contributed by atoms with van der Waals surface area (Å²) in [6, 6.07) is 6.32. The fourth-order valence-corrected chi connectivity index (χ4v) is 2.21. The highest BCUT2D eigenvalue weighted by Crippen LogP contribution is 2.30. The number of carbonyl (C=O) groups excluding carboxylic acids is 2. The molecule has 1 atom stereocenters. The number of esters is 1. The number of ether oxygens (including phenoxy) is 1. The summed E-state index contributed by atoms with van der Waals surface area (Å²) in [5.74, 6) is -0.754. The first kappa shape index (κ1) is 16.4. The van der Waals surface area contributed by atoms with Crippen LogP contribution in [0.3, 0.4) is 0 Å². The standard InChI is InChI=1S/C15H13Cl2NO4/c1-8-10(6-7-21-8)15(20)22-9(2)14(19)18-13-11(16)4-3-5-12(13)17/h3-7,9H,1-2H3,(H,18,19)/t9-/m1/s1. The number of carbonyl (C=O) groups is 2. The third-order valence-corrected chi connectivity index (χ3v) is 3.57. The number of nitrogens with one attached hydrogen (secondary N) is 1. The van der Waals surface area contributed by atoms with E-state index in [1.54, 1.807) is 25.1 Å². The van der Waals surface area contributed by atoms with Gasteiger partial charge in [-0.3, -0.25) is 4.79 Å². The minimum Gasteiger partial charge on any atom is -0.469 e. The molecule has 22 heavy (non-hydrogen) atoms. The summed E-state index contributed by atoms with van der Waals surface area (Å²) in [4.78, 5) is 24.0. The van der Waals surface area contributed by atoms with Crippen molar-refractivity contribution in [1.82, 2.24) is 0 Å². The highest BCUT2D eigenvalue weighted by Gasteiger charge is 2.22. The van der Waals surface area contributed by atoms with Crippen LogP contribution in [0.15, 0.2) is 34.9 Å². The van der Waals surface area contributed by atoms with Crippen molar-refractivity contribution in [2.24, 2.45) is 0 Å². The Morgan fingerprint density at radius 2 is 1.86 bits per heavy atom. The molecule has 5 nitrogen and oxygen atoms in total. The summed E-state index contributed by atoms with van der Waals surface area (Å²) in [7, 11) is 0. The van der Waals surface area contributed by atoms with Gasteiger partial charge in [0.15, 0.2) is 6.10 Å². The largest absolute Gasteiger partial charge is 0.469 e. The second-order valence-corrected chi connectivity index (χ2v) is 5.34. The molecular weight excluding hydrogens is 329 g/mol. The second-order valence-electron chi connectivity index (χ2n) is 4.52. The van der Waals surface area contributed by atoms with Crippen LogP contribution in [-0.2, 0) is 9.53 Å². The topological polar surface area (TPSA) is 68.5 Å². The van der Waals surface area contributed by atoms with Crippen LogP contribution in [0.1, 0.15) is 23.0 Å². The average Bonchev–Trinajstić information content (AvgIpc) is 2.89. The number of benzene rings is 1. The SMILES string of the molecule is Cc1occc1C(=O)O[C@H](C)C(=O)Nc1c(Cl)cccc1Cl. The zero-order valence-corrected chi connectivity index (χ0v) is 13.4. The molecule has 0 bridgehead atoms. The Hall–Kier alpha value is -1.98. The molecule has 0 aliphatic rings. The van der Waals surface area contributed by atoms with Crippen molar-refractivity contribution < 1.29 is 18.7 Å². The van der Waals surface area contributed by atoms with Gasteiger partial charge in [-0.2, -0.15) is 0 Å².